The molecule has 0 saturated heterocycles. The molecule has 0 unspecified atom stereocenters. The summed E-state index contributed by atoms with van der Waals surface area (Å²) in [6, 6.07) is 5.99. The Morgan fingerprint density at radius 1 is 1.27 bits per heavy atom. The highest BCUT2D eigenvalue weighted by Crippen LogP contribution is 2.10. The van der Waals surface area contributed by atoms with Gasteiger partial charge in [-0.3, -0.25) is 4.99 Å². The maximum absolute atomic E-state index is 4.57. The third-order valence-electron chi connectivity index (χ3n) is 2.99. The normalized spacial score (nSPS) is 11.4. The zero-order chi connectivity index (χ0) is 15.9. The second kappa shape index (κ2) is 7.74. The summed E-state index contributed by atoms with van der Waals surface area (Å²) in [6.45, 7) is 3.35. The number of aromatic nitrogens is 2. The maximum atomic E-state index is 4.57. The third kappa shape index (κ3) is 4.70. The lowest BCUT2D eigenvalue weighted by molar-refractivity contribution is 0.790. The van der Waals surface area contributed by atoms with E-state index in [4.69, 9.17) is 0 Å². The van der Waals surface area contributed by atoms with Crippen LogP contribution in [0.3, 0.4) is 0 Å². The lowest BCUT2D eigenvalue weighted by Crippen LogP contribution is -2.36. The molecule has 0 aliphatic carbocycles. The molecule has 0 fully saturated rings. The third-order valence-corrected chi connectivity index (χ3v) is 3.90. The van der Waals surface area contributed by atoms with Crippen molar-refractivity contribution in [3.8, 4) is 0 Å². The standard InChI is InChI=1S/C15H22N6S/c1-11-8-17-14(22-11)10-19-15(16-2)18-9-12-6-5-7-13(20-12)21(3)4/h5-8H,9-10H2,1-4H3,(H2,16,18,19). The van der Waals surface area contributed by atoms with Gasteiger partial charge in [-0.25, -0.2) is 9.97 Å². The molecule has 0 saturated carbocycles. The predicted octanol–water partition coefficient (Wildman–Crippen LogP) is 1.78. The number of guanidine groups is 1. The van der Waals surface area contributed by atoms with Gasteiger partial charge in [-0.05, 0) is 19.1 Å². The molecule has 22 heavy (non-hydrogen) atoms. The van der Waals surface area contributed by atoms with Gasteiger partial charge >= 0.3 is 0 Å². The number of rotatable bonds is 5. The fourth-order valence-electron chi connectivity index (χ4n) is 1.85. The second-order valence-corrected chi connectivity index (χ2v) is 6.34. The number of nitrogens with zero attached hydrogens (tertiary/aromatic N) is 4. The van der Waals surface area contributed by atoms with E-state index in [1.807, 2.05) is 43.4 Å². The molecule has 118 valence electrons. The number of nitrogens with one attached hydrogen (secondary N) is 2. The van der Waals surface area contributed by atoms with Gasteiger partial charge in [0.25, 0.3) is 0 Å². The van der Waals surface area contributed by atoms with E-state index in [0.29, 0.717) is 13.1 Å². The minimum Gasteiger partial charge on any atom is -0.363 e. The minimum atomic E-state index is 0.623. The van der Waals surface area contributed by atoms with Crippen molar-refractivity contribution < 1.29 is 0 Å². The molecule has 0 amide bonds. The lowest BCUT2D eigenvalue weighted by Gasteiger charge is -2.14. The molecule has 0 aliphatic heterocycles. The smallest absolute Gasteiger partial charge is 0.191 e. The van der Waals surface area contributed by atoms with Crippen LogP contribution in [0.1, 0.15) is 15.6 Å². The molecule has 0 bridgehead atoms. The monoisotopic (exact) mass is 318 g/mol. The van der Waals surface area contributed by atoms with Crippen molar-refractivity contribution >= 4 is 23.1 Å². The van der Waals surface area contributed by atoms with Gasteiger partial charge in [0, 0.05) is 32.2 Å². The van der Waals surface area contributed by atoms with Crippen LogP contribution in [0.4, 0.5) is 5.82 Å². The predicted molar refractivity (Wildman–Crippen MR) is 92.5 cm³/mol. The van der Waals surface area contributed by atoms with E-state index in [1.165, 1.54) is 4.88 Å². The van der Waals surface area contributed by atoms with E-state index in [0.717, 1.165) is 22.5 Å². The van der Waals surface area contributed by atoms with Crippen LogP contribution in [0.2, 0.25) is 0 Å². The first-order chi connectivity index (χ1) is 10.6. The first-order valence-corrected chi connectivity index (χ1v) is 7.89. The van der Waals surface area contributed by atoms with Gasteiger partial charge < -0.3 is 15.5 Å². The van der Waals surface area contributed by atoms with Gasteiger partial charge in [0.2, 0.25) is 0 Å². The van der Waals surface area contributed by atoms with Crippen LogP contribution in [0.15, 0.2) is 29.4 Å². The number of aliphatic imine (C=N–C) groups is 1. The number of anilines is 1. The molecule has 0 atom stereocenters. The molecular weight excluding hydrogens is 296 g/mol. The van der Waals surface area contributed by atoms with Crippen LogP contribution in [0.25, 0.3) is 0 Å². The van der Waals surface area contributed by atoms with E-state index in [-0.39, 0.29) is 0 Å². The molecule has 2 aromatic rings. The number of thiazole rings is 1. The molecule has 2 N–H and O–H groups in total. The van der Waals surface area contributed by atoms with Crippen LogP contribution in [0, 0.1) is 6.92 Å². The van der Waals surface area contributed by atoms with Crippen molar-refractivity contribution in [2.75, 3.05) is 26.0 Å². The van der Waals surface area contributed by atoms with Crippen molar-refractivity contribution in [1.82, 2.24) is 20.6 Å². The molecule has 2 rings (SSSR count). The fraction of sp³-hybridized carbons (Fsp3) is 0.400. The lowest BCUT2D eigenvalue weighted by atomic mass is 10.3. The summed E-state index contributed by atoms with van der Waals surface area (Å²) in [5.74, 6) is 1.69. The summed E-state index contributed by atoms with van der Waals surface area (Å²) in [7, 11) is 5.72. The molecule has 0 spiro atoms. The Labute approximate surface area is 135 Å². The van der Waals surface area contributed by atoms with Crippen molar-refractivity contribution in [2.45, 2.75) is 20.0 Å². The molecule has 7 heteroatoms. The van der Waals surface area contributed by atoms with Gasteiger partial charge in [0.05, 0.1) is 18.8 Å². The van der Waals surface area contributed by atoms with Crippen LogP contribution < -0.4 is 15.5 Å². The summed E-state index contributed by atoms with van der Waals surface area (Å²) in [5, 5.41) is 7.57. The van der Waals surface area contributed by atoms with E-state index >= 15 is 0 Å². The van der Waals surface area contributed by atoms with E-state index in [1.54, 1.807) is 18.4 Å². The van der Waals surface area contributed by atoms with Gasteiger partial charge in [-0.1, -0.05) is 6.07 Å². The summed E-state index contributed by atoms with van der Waals surface area (Å²) >= 11 is 1.69. The second-order valence-electron chi connectivity index (χ2n) is 5.03. The van der Waals surface area contributed by atoms with Crippen molar-refractivity contribution in [3.63, 3.8) is 0 Å². The van der Waals surface area contributed by atoms with Crippen LogP contribution in [-0.2, 0) is 13.1 Å². The average Bonchev–Trinajstić information content (AvgIpc) is 2.93. The summed E-state index contributed by atoms with van der Waals surface area (Å²) in [5.41, 5.74) is 0.972. The van der Waals surface area contributed by atoms with E-state index in [2.05, 4.69) is 32.5 Å². The Kier molecular flexibility index (Phi) is 5.71. The Bertz CT molecular complexity index is 634. The maximum Gasteiger partial charge on any atom is 0.191 e. The number of aryl methyl sites for hydroxylation is 1. The summed E-state index contributed by atoms with van der Waals surface area (Å²) < 4.78 is 0. The Hall–Kier alpha value is -2.15. The molecule has 0 aromatic carbocycles. The minimum absolute atomic E-state index is 0.623. The Balaban J connectivity index is 1.87. The molecular formula is C15H22N6S. The summed E-state index contributed by atoms with van der Waals surface area (Å²) in [6.07, 6.45) is 1.88. The summed E-state index contributed by atoms with van der Waals surface area (Å²) in [4.78, 5) is 16.3. The van der Waals surface area contributed by atoms with Gasteiger partial charge in [0.15, 0.2) is 5.96 Å². The topological polar surface area (TPSA) is 65.4 Å². The van der Waals surface area contributed by atoms with Crippen molar-refractivity contribution in [1.29, 1.82) is 0 Å². The first kappa shape index (κ1) is 16.2. The zero-order valence-corrected chi connectivity index (χ0v) is 14.2. The van der Waals surface area contributed by atoms with Gasteiger partial charge in [-0.15, -0.1) is 11.3 Å². The first-order valence-electron chi connectivity index (χ1n) is 7.07. The molecule has 6 nitrogen and oxygen atoms in total. The number of pyridine rings is 1. The van der Waals surface area contributed by atoms with E-state index in [9.17, 15) is 0 Å². The molecule has 0 radical (unpaired) electrons. The molecule has 2 heterocycles. The molecule has 0 aliphatic rings. The van der Waals surface area contributed by atoms with Gasteiger partial charge in [0.1, 0.15) is 10.8 Å². The van der Waals surface area contributed by atoms with Crippen LogP contribution in [-0.4, -0.2) is 37.1 Å². The zero-order valence-electron chi connectivity index (χ0n) is 13.4. The highest BCUT2D eigenvalue weighted by Gasteiger charge is 2.03. The number of hydrogen-bond donors (Lipinski definition) is 2. The highest BCUT2D eigenvalue weighted by atomic mass is 32.1. The van der Waals surface area contributed by atoms with Crippen molar-refractivity contribution in [3.05, 3.63) is 40.0 Å². The largest absolute Gasteiger partial charge is 0.363 e. The Morgan fingerprint density at radius 3 is 2.68 bits per heavy atom. The SMILES string of the molecule is CN=C(NCc1cccc(N(C)C)n1)NCc1ncc(C)s1. The van der Waals surface area contributed by atoms with Crippen LogP contribution >= 0.6 is 11.3 Å². The average molecular weight is 318 g/mol. The van der Waals surface area contributed by atoms with E-state index < -0.39 is 0 Å². The Morgan fingerprint density at radius 2 is 2.05 bits per heavy atom. The fourth-order valence-corrected chi connectivity index (χ4v) is 2.58. The highest BCUT2D eigenvalue weighted by molar-refractivity contribution is 7.11. The molecule has 2 aromatic heterocycles. The quantitative estimate of drug-likeness (QED) is 0.650. The van der Waals surface area contributed by atoms with Crippen LogP contribution in [0.5, 0.6) is 0 Å². The van der Waals surface area contributed by atoms with Crippen molar-refractivity contribution in [2.24, 2.45) is 4.99 Å². The number of hydrogen-bond acceptors (Lipinski definition) is 5. The van der Waals surface area contributed by atoms with Gasteiger partial charge in [-0.2, -0.15) is 0 Å².